The molecule has 4 nitrogen and oxygen atoms in total. The van der Waals surface area contributed by atoms with E-state index in [4.69, 9.17) is 19.9 Å². The Morgan fingerprint density at radius 1 is 0.227 bits per heavy atom. The van der Waals surface area contributed by atoms with Crippen molar-refractivity contribution in [3.63, 3.8) is 0 Å². The summed E-state index contributed by atoms with van der Waals surface area (Å²) in [4.78, 5) is 20.9. The van der Waals surface area contributed by atoms with Gasteiger partial charge in [-0.15, -0.1) is 0 Å². The molecule has 0 amide bonds. The van der Waals surface area contributed by atoms with Crippen LogP contribution in [-0.2, 0) is 0 Å². The molecule has 0 saturated heterocycles. The highest BCUT2D eigenvalue weighted by atomic mass is 15.0. The van der Waals surface area contributed by atoms with E-state index in [-0.39, 0.29) is 0 Å². The number of para-hydroxylation sites is 1. The smallest absolute Gasteiger partial charge is 0.164 e. The highest BCUT2D eigenvalue weighted by molar-refractivity contribution is 6.25. The number of aromatic nitrogens is 4. The van der Waals surface area contributed by atoms with Crippen molar-refractivity contribution in [1.29, 1.82) is 0 Å². The van der Waals surface area contributed by atoms with Gasteiger partial charge in [0.25, 0.3) is 0 Å². The van der Waals surface area contributed by atoms with E-state index in [9.17, 15) is 0 Å². The van der Waals surface area contributed by atoms with Crippen LogP contribution in [0.3, 0.4) is 0 Å². The average molecular weight is 839 g/mol. The quantitative estimate of drug-likeness (QED) is 0.157. The highest BCUT2D eigenvalue weighted by Crippen LogP contribution is 2.43. The number of benzene rings is 11. The Kier molecular flexibility index (Phi) is 8.81. The largest absolute Gasteiger partial charge is 0.247 e. The van der Waals surface area contributed by atoms with E-state index in [1.54, 1.807) is 0 Å². The minimum atomic E-state index is 0.627. The monoisotopic (exact) mass is 838 g/mol. The second-order valence-corrected chi connectivity index (χ2v) is 16.9. The zero-order valence-corrected chi connectivity index (χ0v) is 35.7. The number of hydrogen-bond donors (Lipinski definition) is 0. The Labute approximate surface area is 381 Å². The lowest BCUT2D eigenvalue weighted by molar-refractivity contribution is 1.08. The van der Waals surface area contributed by atoms with Gasteiger partial charge in [0.15, 0.2) is 17.5 Å². The molecule has 66 heavy (non-hydrogen) atoms. The Bertz CT molecular complexity index is 3950. The van der Waals surface area contributed by atoms with Gasteiger partial charge in [0.05, 0.1) is 11.2 Å². The molecule has 0 bridgehead atoms. The summed E-state index contributed by atoms with van der Waals surface area (Å²) in [6.45, 7) is 0. The predicted octanol–water partition coefficient (Wildman–Crippen LogP) is 16.2. The molecule has 0 aliphatic heterocycles. The minimum absolute atomic E-state index is 0.627. The Hall–Kier alpha value is -8.86. The lowest BCUT2D eigenvalue weighted by atomic mass is 9.89. The average Bonchev–Trinajstić information content (AvgIpc) is 3.39. The van der Waals surface area contributed by atoms with Crippen molar-refractivity contribution in [3.8, 4) is 67.7 Å². The second-order valence-electron chi connectivity index (χ2n) is 16.9. The molecule has 13 rings (SSSR count). The van der Waals surface area contributed by atoms with Gasteiger partial charge in [0.2, 0.25) is 0 Å². The van der Waals surface area contributed by atoms with Gasteiger partial charge in [-0.3, -0.25) is 0 Å². The first-order valence-electron chi connectivity index (χ1n) is 22.4. The fourth-order valence-electron chi connectivity index (χ4n) is 9.88. The standard InChI is InChI=1S/C62H38N4/c1-2-17-44-37-47(35-32-39(44)14-1)59-56-38-55(50-24-7-8-25-51(50)58(56)54-26-9-10-29-57(54)63-59)46-21-11-20-45(36-46)40-30-33-43(34-31-40)60-64-61(52-27-12-18-41-15-3-5-22-48(41)52)66-62(65-60)53-28-13-19-42-16-4-6-23-49(42)53/h1-38H. The molecular weight excluding hydrogens is 801 g/mol. The normalized spacial score (nSPS) is 11.6. The maximum absolute atomic E-state index is 5.38. The molecule has 0 atom stereocenters. The lowest BCUT2D eigenvalue weighted by Gasteiger charge is -2.17. The molecule has 0 N–H and O–H groups in total. The molecule has 2 heterocycles. The summed E-state index contributed by atoms with van der Waals surface area (Å²) in [7, 11) is 0. The summed E-state index contributed by atoms with van der Waals surface area (Å²) in [6, 6.07) is 81.9. The van der Waals surface area contributed by atoms with Gasteiger partial charge in [-0.1, -0.05) is 206 Å². The highest BCUT2D eigenvalue weighted by Gasteiger charge is 2.19. The molecule has 0 aliphatic rings. The van der Waals surface area contributed by atoms with Crippen molar-refractivity contribution in [2.45, 2.75) is 0 Å². The third-order valence-electron chi connectivity index (χ3n) is 13.1. The van der Waals surface area contributed by atoms with E-state index >= 15 is 0 Å². The van der Waals surface area contributed by atoms with Crippen LogP contribution in [0.1, 0.15) is 0 Å². The molecule has 0 saturated carbocycles. The fraction of sp³-hybridized carbons (Fsp3) is 0. The summed E-state index contributed by atoms with van der Waals surface area (Å²) in [5.41, 5.74) is 10.5. The van der Waals surface area contributed by atoms with E-state index in [1.165, 1.54) is 32.5 Å². The Balaban J connectivity index is 0.939. The molecule has 0 radical (unpaired) electrons. The van der Waals surface area contributed by atoms with Crippen LogP contribution in [-0.4, -0.2) is 19.9 Å². The summed E-state index contributed by atoms with van der Waals surface area (Å²) < 4.78 is 0. The molecule has 0 aliphatic carbocycles. The third-order valence-corrected chi connectivity index (χ3v) is 13.1. The van der Waals surface area contributed by atoms with Crippen LogP contribution in [0.15, 0.2) is 231 Å². The first-order chi connectivity index (χ1) is 32.7. The van der Waals surface area contributed by atoms with Crippen LogP contribution in [0.4, 0.5) is 0 Å². The summed E-state index contributed by atoms with van der Waals surface area (Å²) >= 11 is 0. The maximum atomic E-state index is 5.38. The zero-order chi connectivity index (χ0) is 43.6. The Morgan fingerprint density at radius 3 is 1.45 bits per heavy atom. The van der Waals surface area contributed by atoms with Crippen LogP contribution in [0.2, 0.25) is 0 Å². The predicted molar refractivity (Wildman–Crippen MR) is 275 cm³/mol. The summed E-state index contributed by atoms with van der Waals surface area (Å²) in [5.74, 6) is 1.92. The number of rotatable bonds is 6. The van der Waals surface area contributed by atoms with Crippen molar-refractivity contribution in [3.05, 3.63) is 231 Å². The fourth-order valence-corrected chi connectivity index (χ4v) is 9.88. The van der Waals surface area contributed by atoms with Crippen LogP contribution < -0.4 is 0 Å². The van der Waals surface area contributed by atoms with Crippen molar-refractivity contribution >= 4 is 64.8 Å². The summed E-state index contributed by atoms with van der Waals surface area (Å²) in [6.07, 6.45) is 0. The van der Waals surface area contributed by atoms with E-state index in [2.05, 4.69) is 231 Å². The van der Waals surface area contributed by atoms with Gasteiger partial charge in [-0.2, -0.15) is 0 Å². The molecule has 0 unspecified atom stereocenters. The topological polar surface area (TPSA) is 51.6 Å². The SMILES string of the molecule is c1cc(-c2ccc(-c3nc(-c4cccc5ccccc45)nc(-c4cccc5ccccc45)n3)cc2)cc(-c2cc3c(-c4ccc5ccccc5c4)nc4ccccc4c3c3ccccc23)c1. The van der Waals surface area contributed by atoms with Crippen molar-refractivity contribution in [1.82, 2.24) is 19.9 Å². The molecule has 13 aromatic rings. The van der Waals surface area contributed by atoms with E-state index in [0.29, 0.717) is 17.5 Å². The number of pyridine rings is 1. The van der Waals surface area contributed by atoms with Gasteiger partial charge in [0, 0.05) is 38.4 Å². The zero-order valence-electron chi connectivity index (χ0n) is 35.7. The van der Waals surface area contributed by atoms with Crippen LogP contribution in [0.5, 0.6) is 0 Å². The minimum Gasteiger partial charge on any atom is -0.247 e. The van der Waals surface area contributed by atoms with E-state index < -0.39 is 0 Å². The Morgan fingerprint density at radius 2 is 0.742 bits per heavy atom. The molecule has 0 spiro atoms. The number of fused-ring (bicyclic) bond motifs is 8. The summed E-state index contributed by atoms with van der Waals surface area (Å²) in [5, 5.41) is 12.8. The van der Waals surface area contributed by atoms with E-state index in [0.717, 1.165) is 82.5 Å². The lowest BCUT2D eigenvalue weighted by Crippen LogP contribution is -2.01. The molecular formula is C62H38N4. The van der Waals surface area contributed by atoms with Crippen molar-refractivity contribution in [2.75, 3.05) is 0 Å². The third kappa shape index (κ3) is 6.38. The van der Waals surface area contributed by atoms with Gasteiger partial charge < -0.3 is 0 Å². The molecule has 0 fully saturated rings. The molecule has 306 valence electrons. The van der Waals surface area contributed by atoms with Crippen molar-refractivity contribution in [2.24, 2.45) is 0 Å². The number of nitrogens with zero attached hydrogens (tertiary/aromatic N) is 4. The molecule has 4 heteroatoms. The van der Waals surface area contributed by atoms with Crippen LogP contribution in [0.25, 0.3) is 132 Å². The second kappa shape index (κ2) is 15.4. The van der Waals surface area contributed by atoms with Crippen molar-refractivity contribution < 1.29 is 0 Å². The molecule has 2 aromatic heterocycles. The molecule has 11 aromatic carbocycles. The maximum Gasteiger partial charge on any atom is 0.164 e. The van der Waals surface area contributed by atoms with Gasteiger partial charge >= 0.3 is 0 Å². The number of hydrogen-bond acceptors (Lipinski definition) is 4. The van der Waals surface area contributed by atoms with Crippen LogP contribution in [0, 0.1) is 0 Å². The van der Waals surface area contributed by atoms with Gasteiger partial charge in [0.1, 0.15) is 0 Å². The van der Waals surface area contributed by atoms with Gasteiger partial charge in [-0.05, 0) is 89.6 Å². The van der Waals surface area contributed by atoms with Crippen LogP contribution >= 0.6 is 0 Å². The van der Waals surface area contributed by atoms with E-state index in [1.807, 2.05) is 0 Å². The van der Waals surface area contributed by atoms with Gasteiger partial charge in [-0.25, -0.2) is 19.9 Å². The first-order valence-corrected chi connectivity index (χ1v) is 22.4. The first kappa shape index (κ1) is 37.7.